The van der Waals surface area contributed by atoms with Gasteiger partial charge >= 0.3 is 0 Å². The highest BCUT2D eigenvalue weighted by Crippen LogP contribution is 2.42. The first-order valence-corrected chi connectivity index (χ1v) is 11.3. The van der Waals surface area contributed by atoms with Crippen LogP contribution in [0.1, 0.15) is 47.1 Å². The van der Waals surface area contributed by atoms with E-state index in [0.29, 0.717) is 27.4 Å². The first-order valence-electron chi connectivity index (χ1n) is 8.80. The molecule has 136 valence electrons. The van der Waals surface area contributed by atoms with Gasteiger partial charge in [-0.1, -0.05) is 53.7 Å². The lowest BCUT2D eigenvalue weighted by molar-refractivity contribution is -0.115. The largest absolute Gasteiger partial charge is 0.543 e. The summed E-state index contributed by atoms with van der Waals surface area (Å²) >= 11 is 4.94. The summed E-state index contributed by atoms with van der Waals surface area (Å²) in [6, 6.07) is 7.93. The lowest BCUT2D eigenvalue weighted by atomic mass is 10.2. The van der Waals surface area contributed by atoms with Crippen LogP contribution in [0.5, 0.6) is 5.75 Å². The van der Waals surface area contributed by atoms with Crippen molar-refractivity contribution in [2.45, 2.75) is 58.2 Å². The number of thiocarbonyl (C=S) groups is 1. The Balaban J connectivity index is 2.23. The Morgan fingerprint density at radius 2 is 1.48 bits per heavy atom. The van der Waals surface area contributed by atoms with Gasteiger partial charge in [-0.15, -0.1) is 0 Å². The van der Waals surface area contributed by atoms with Crippen molar-refractivity contribution in [2.75, 3.05) is 0 Å². The molecule has 1 aromatic rings. The third kappa shape index (κ3) is 4.12. The van der Waals surface area contributed by atoms with Crippen LogP contribution in [0.15, 0.2) is 30.0 Å². The Morgan fingerprint density at radius 1 is 0.960 bits per heavy atom. The molecular formula is C19H28N2O2SSi. The molecule has 1 saturated heterocycles. The van der Waals surface area contributed by atoms with Crippen molar-refractivity contribution in [3.05, 3.63) is 35.5 Å². The molecule has 0 atom stereocenters. The van der Waals surface area contributed by atoms with E-state index in [2.05, 4.69) is 52.2 Å². The molecule has 0 spiro atoms. The number of hydrogen-bond acceptors (Lipinski definition) is 3. The molecule has 0 radical (unpaired) electrons. The van der Waals surface area contributed by atoms with E-state index in [1.54, 1.807) is 6.08 Å². The van der Waals surface area contributed by atoms with E-state index < -0.39 is 8.32 Å². The number of hydrogen-bond donors (Lipinski definition) is 2. The average Bonchev–Trinajstić information content (AvgIpc) is 2.83. The fourth-order valence-corrected chi connectivity index (χ4v) is 9.29. The van der Waals surface area contributed by atoms with Crippen LogP contribution in [-0.2, 0) is 4.79 Å². The molecule has 4 nitrogen and oxygen atoms in total. The summed E-state index contributed by atoms with van der Waals surface area (Å²) in [4.78, 5) is 11.7. The van der Waals surface area contributed by atoms with Gasteiger partial charge in [0.2, 0.25) is 0 Å². The van der Waals surface area contributed by atoms with Crippen LogP contribution in [0, 0.1) is 0 Å². The minimum absolute atomic E-state index is 0.198. The SMILES string of the molecule is CC(C)[Si](Oc1ccc(/C=C2\NC(=S)NC2=O)cc1)(C(C)C)C(C)C. The second-order valence-electron chi connectivity index (χ2n) is 7.46. The van der Waals surface area contributed by atoms with Gasteiger partial charge < -0.3 is 9.74 Å². The maximum absolute atomic E-state index is 11.7. The molecular weight excluding hydrogens is 348 g/mol. The van der Waals surface area contributed by atoms with E-state index in [0.717, 1.165) is 11.3 Å². The number of benzene rings is 1. The summed E-state index contributed by atoms with van der Waals surface area (Å²) in [7, 11) is -1.95. The highest BCUT2D eigenvalue weighted by Gasteiger charge is 2.46. The van der Waals surface area contributed by atoms with Crippen molar-refractivity contribution in [3.63, 3.8) is 0 Å². The molecule has 1 aliphatic heterocycles. The summed E-state index contributed by atoms with van der Waals surface area (Å²) in [5.41, 5.74) is 2.99. The second-order valence-corrected chi connectivity index (χ2v) is 13.2. The van der Waals surface area contributed by atoms with Gasteiger partial charge in [-0.05, 0) is 52.6 Å². The Morgan fingerprint density at radius 3 is 1.88 bits per heavy atom. The Bertz CT molecular complexity index is 659. The third-order valence-corrected chi connectivity index (χ3v) is 11.1. The topological polar surface area (TPSA) is 50.4 Å². The van der Waals surface area contributed by atoms with Crippen LogP contribution in [0.4, 0.5) is 0 Å². The van der Waals surface area contributed by atoms with Gasteiger partial charge in [0.05, 0.1) is 0 Å². The smallest absolute Gasteiger partial charge is 0.273 e. The molecule has 0 unspecified atom stereocenters. The highest BCUT2D eigenvalue weighted by molar-refractivity contribution is 7.80. The number of amides is 1. The standard InChI is InChI=1S/C19H28N2O2SSi/c1-12(2)25(13(3)4,14(5)6)23-16-9-7-15(8-10-16)11-17-18(22)21-19(24)20-17/h7-14H,1-6H3,(H2,20,21,22,24)/b17-11-. The van der Waals surface area contributed by atoms with Gasteiger partial charge in [-0.2, -0.15) is 0 Å². The average molecular weight is 377 g/mol. The van der Waals surface area contributed by atoms with E-state index in [4.69, 9.17) is 16.6 Å². The van der Waals surface area contributed by atoms with Crippen LogP contribution in [0.2, 0.25) is 16.6 Å². The van der Waals surface area contributed by atoms with Crippen LogP contribution >= 0.6 is 12.2 Å². The number of rotatable bonds is 6. The predicted octanol–water partition coefficient (Wildman–Crippen LogP) is 4.59. The van der Waals surface area contributed by atoms with Crippen molar-refractivity contribution in [2.24, 2.45) is 0 Å². The molecule has 2 rings (SSSR count). The zero-order valence-corrected chi connectivity index (χ0v) is 17.7. The summed E-state index contributed by atoms with van der Waals surface area (Å²) in [5.74, 6) is 0.709. The maximum Gasteiger partial charge on any atom is 0.273 e. The number of carbonyl (C=O) groups is 1. The molecule has 1 aromatic carbocycles. The fraction of sp³-hybridized carbons (Fsp3) is 0.474. The van der Waals surface area contributed by atoms with Gasteiger partial charge in [0.1, 0.15) is 11.4 Å². The molecule has 2 N–H and O–H groups in total. The number of carbonyl (C=O) groups excluding carboxylic acids is 1. The van der Waals surface area contributed by atoms with Crippen LogP contribution in [0.3, 0.4) is 0 Å². The van der Waals surface area contributed by atoms with Crippen LogP contribution < -0.4 is 15.1 Å². The van der Waals surface area contributed by atoms with Gasteiger partial charge in [-0.3, -0.25) is 10.1 Å². The van der Waals surface area contributed by atoms with E-state index in [1.807, 2.05) is 24.3 Å². The fourth-order valence-electron chi connectivity index (χ4n) is 3.84. The summed E-state index contributed by atoms with van der Waals surface area (Å²) < 4.78 is 6.65. The van der Waals surface area contributed by atoms with Gasteiger partial charge in [-0.25, -0.2) is 0 Å². The van der Waals surface area contributed by atoms with E-state index in [-0.39, 0.29) is 5.91 Å². The van der Waals surface area contributed by atoms with E-state index in [9.17, 15) is 4.79 Å². The lowest BCUT2D eigenvalue weighted by Gasteiger charge is -2.42. The number of nitrogens with one attached hydrogen (secondary N) is 2. The van der Waals surface area contributed by atoms with Gasteiger partial charge in [0.15, 0.2) is 5.11 Å². The minimum Gasteiger partial charge on any atom is -0.543 e. The Labute approximate surface area is 157 Å². The van der Waals surface area contributed by atoms with Gasteiger partial charge in [0, 0.05) is 0 Å². The molecule has 25 heavy (non-hydrogen) atoms. The van der Waals surface area contributed by atoms with Gasteiger partial charge in [0.25, 0.3) is 14.2 Å². The lowest BCUT2D eigenvalue weighted by Crippen LogP contribution is -2.50. The first kappa shape index (κ1) is 19.7. The monoisotopic (exact) mass is 376 g/mol. The molecule has 0 bridgehead atoms. The molecule has 0 aliphatic carbocycles. The summed E-state index contributed by atoms with van der Waals surface area (Å²) in [6.45, 7) is 13.7. The summed E-state index contributed by atoms with van der Waals surface area (Å²) in [5, 5.41) is 5.76. The second kappa shape index (κ2) is 7.70. The van der Waals surface area contributed by atoms with Crippen molar-refractivity contribution >= 4 is 37.6 Å². The molecule has 1 heterocycles. The van der Waals surface area contributed by atoms with Crippen LogP contribution in [0.25, 0.3) is 6.08 Å². The van der Waals surface area contributed by atoms with E-state index in [1.165, 1.54) is 0 Å². The molecule has 0 aromatic heterocycles. The third-order valence-electron chi connectivity index (χ3n) is 4.91. The molecule has 0 saturated carbocycles. The maximum atomic E-state index is 11.7. The molecule has 1 aliphatic rings. The zero-order valence-electron chi connectivity index (χ0n) is 15.8. The van der Waals surface area contributed by atoms with Crippen LogP contribution in [-0.4, -0.2) is 19.3 Å². The zero-order chi connectivity index (χ0) is 18.8. The van der Waals surface area contributed by atoms with Crippen molar-refractivity contribution in [1.82, 2.24) is 10.6 Å². The van der Waals surface area contributed by atoms with Crippen molar-refractivity contribution < 1.29 is 9.22 Å². The molecule has 1 fully saturated rings. The Hall–Kier alpha value is -1.66. The quantitative estimate of drug-likeness (QED) is 0.433. The first-order chi connectivity index (χ1) is 11.7. The Kier molecular flexibility index (Phi) is 6.06. The highest BCUT2D eigenvalue weighted by atomic mass is 32.1. The molecule has 6 heteroatoms. The van der Waals surface area contributed by atoms with E-state index >= 15 is 0 Å². The predicted molar refractivity (Wildman–Crippen MR) is 110 cm³/mol. The van der Waals surface area contributed by atoms with Crippen molar-refractivity contribution in [1.29, 1.82) is 0 Å². The normalized spacial score (nSPS) is 16.8. The van der Waals surface area contributed by atoms with Crippen molar-refractivity contribution in [3.8, 4) is 5.75 Å². The summed E-state index contributed by atoms with van der Waals surface area (Å²) in [6.07, 6.45) is 1.79. The minimum atomic E-state index is -1.95. The molecule has 1 amide bonds.